The summed E-state index contributed by atoms with van der Waals surface area (Å²) in [6, 6.07) is 39.1. The molecule has 0 aromatic heterocycles. The van der Waals surface area contributed by atoms with Gasteiger partial charge in [0, 0.05) is 68.2 Å². The molecule has 6 aromatic rings. The second-order valence-electron chi connectivity index (χ2n) is 38.9. The van der Waals surface area contributed by atoms with E-state index in [1.54, 1.807) is 39.8 Å². The third-order valence-electron chi connectivity index (χ3n) is 24.2. The minimum absolute atomic E-state index is 0. The summed E-state index contributed by atoms with van der Waals surface area (Å²) in [7, 11) is 0. The van der Waals surface area contributed by atoms with Crippen molar-refractivity contribution in [1.29, 1.82) is 0 Å². The number of aliphatic imine (C=N–C) groups is 3. The molecule has 3 fully saturated rings. The van der Waals surface area contributed by atoms with Gasteiger partial charge in [-0.15, -0.1) is 12.4 Å². The number of alkyl halides is 9. The second-order valence-corrected chi connectivity index (χ2v) is 38.9. The maximum atomic E-state index is 13.9. The van der Waals surface area contributed by atoms with Crippen molar-refractivity contribution in [3.05, 3.63) is 213 Å². The van der Waals surface area contributed by atoms with Crippen LogP contribution in [0.15, 0.2) is 167 Å². The van der Waals surface area contributed by atoms with E-state index in [1.807, 2.05) is 94.4 Å². The Morgan fingerprint density at radius 1 is 0.432 bits per heavy atom. The summed E-state index contributed by atoms with van der Waals surface area (Å²) < 4.78 is 132. The van der Waals surface area contributed by atoms with E-state index >= 15 is 0 Å². The Labute approximate surface area is 777 Å². The van der Waals surface area contributed by atoms with Crippen LogP contribution in [0, 0.1) is 39.4 Å². The first-order chi connectivity index (χ1) is 61.4. The average molecular weight is 1870 g/mol. The van der Waals surface area contributed by atoms with Crippen LogP contribution >= 0.6 is 12.4 Å². The summed E-state index contributed by atoms with van der Waals surface area (Å²) >= 11 is 0. The quantitative estimate of drug-likeness (QED) is 0.0476. The number of amides is 3. The standard InChI is InChI=1S/C34H43F3N2O2.C30H35F3N2O2.C26H29F3N2O.C7H15NO2.C2H6.3CO2.ClH/c1-31(2,3)18-8-11-28(40)24-14-12-23(13-15-24)22-39-30(41)29(25-9-7-10-27(21-25)34(35,36)37)38-33(39)19-16-26(17-20-33)32(4,5)6;1-5-7-25(36)21-12-10-20(11-13-21)19-35-27(37)26(22-8-6-9-24(18-22)30(31,32)33)34-29(35)16-14-23(15-17-29)28(2,3)4;1-24(2,3)20-12-14-25(15-13-20)30-22(19-10-7-11-21(16-19)26(27,28)29)23(32)31(25)17-18-8-5-4-6-9-18;1-7(2,3)10-6(9)4-5-8;1-2;3*2-1-3;/h7,9-10,12-15,21,26H,8,11,16-20,22H2,1-6H3;6,8-13,18,23H,5,7,14-17,19H2,1-4H3;4-11,16,20H,12-15,17H2,1-3H3;4-5,8H2,1-3H3;1-2H3;;;;1H/i;;;;1D;;;;. The maximum absolute atomic E-state index is 13.9. The lowest BCUT2D eigenvalue weighted by molar-refractivity contribution is -0.193. The molecule has 3 aliphatic carbocycles. The Morgan fingerprint density at radius 2 is 0.705 bits per heavy atom. The molecule has 720 valence electrons. The summed E-state index contributed by atoms with van der Waals surface area (Å²) in [5.74, 6) is 0.448. The zero-order chi connectivity index (χ0) is 99.4. The van der Waals surface area contributed by atoms with E-state index in [0.717, 1.165) is 124 Å². The highest BCUT2D eigenvalue weighted by atomic mass is 35.5. The van der Waals surface area contributed by atoms with Gasteiger partial charge in [-0.1, -0.05) is 219 Å². The highest BCUT2D eigenvalue weighted by Crippen LogP contribution is 2.51. The molecule has 3 heterocycles. The maximum Gasteiger partial charge on any atom is 0.416 e. The summed E-state index contributed by atoms with van der Waals surface area (Å²) in [4.78, 5) is 146. The SMILES string of the molecule is CC(C)(C)C1CCC2(CC1)N=C(c1cccc(C(F)(F)F)c1)C(=O)N2Cc1ccccc1.CC(C)(C)CCCC(=O)c1ccc(CN2C(=O)C(c3cccc(C(F)(F)F)c3)=NC23CCC(C(C)(C)C)CC3)cc1.CC(C)(C)OC(=O)CCN.CCCC(=O)c1ccc(CN2C(=O)C(c3cccc(C(F)(F)F)c3)=NC23CCC(C(C)(C)C)CC3)cc1.Cl.O=C=O.O=C=O.O=C=O.[2H]CC. The van der Waals surface area contributed by atoms with E-state index in [9.17, 15) is 68.3 Å². The molecule has 3 amide bonds. The van der Waals surface area contributed by atoms with Gasteiger partial charge in [0.05, 0.1) is 23.1 Å². The van der Waals surface area contributed by atoms with Crippen LogP contribution in [0.2, 0.25) is 0 Å². The Balaban J connectivity index is 0.000000374. The van der Waals surface area contributed by atoms with E-state index in [0.29, 0.717) is 93.8 Å². The third-order valence-corrected chi connectivity index (χ3v) is 24.2. The van der Waals surface area contributed by atoms with Gasteiger partial charge in [-0.2, -0.15) is 68.3 Å². The Morgan fingerprint density at radius 3 is 0.947 bits per heavy atom. The van der Waals surface area contributed by atoms with Crippen molar-refractivity contribution < 1.29 is 103 Å². The van der Waals surface area contributed by atoms with E-state index in [1.165, 1.54) is 30.3 Å². The molecule has 6 aromatic carbocycles. The number of nitrogens with zero attached hydrogens (tertiary/aromatic N) is 6. The molecule has 6 aliphatic rings. The number of esters is 1. The minimum Gasteiger partial charge on any atom is -0.460 e. The van der Waals surface area contributed by atoms with Gasteiger partial charge in [0.2, 0.25) is 0 Å². The Hall–Kier alpha value is -10.7. The molecule has 30 heteroatoms. The summed E-state index contributed by atoms with van der Waals surface area (Å²) in [6.45, 7) is 37.6. The molecule has 20 nitrogen and oxygen atoms in total. The average Bonchev–Trinajstić information content (AvgIpc) is 1.60. The van der Waals surface area contributed by atoms with Gasteiger partial charge < -0.3 is 25.2 Å². The van der Waals surface area contributed by atoms with Crippen molar-refractivity contribution in [2.75, 3.05) is 6.54 Å². The number of carbonyl (C=O) groups excluding carboxylic acids is 12. The first-order valence-corrected chi connectivity index (χ1v) is 44.2. The van der Waals surface area contributed by atoms with Crippen LogP contribution in [0.4, 0.5) is 39.5 Å². The summed E-state index contributed by atoms with van der Waals surface area (Å²) in [5, 5.41) is 0. The van der Waals surface area contributed by atoms with Crippen molar-refractivity contribution >= 4 is 83.3 Å². The van der Waals surface area contributed by atoms with E-state index < -0.39 is 52.2 Å². The van der Waals surface area contributed by atoms with Crippen LogP contribution in [0.25, 0.3) is 0 Å². The fraction of sp³-hybridized carbons (Fsp3) is 0.529. The number of nitrogens with two attached hydrogens (primary N) is 1. The van der Waals surface area contributed by atoms with Crippen LogP contribution in [0.1, 0.15) is 312 Å². The Bertz CT molecular complexity index is 5010. The molecule has 0 atom stereocenters. The van der Waals surface area contributed by atoms with Gasteiger partial charge in [0.25, 0.3) is 17.7 Å². The fourth-order valence-electron chi connectivity index (χ4n) is 17.2. The highest BCUT2D eigenvalue weighted by molar-refractivity contribution is 6.48. The molecular formula is C102H129ClF9N7O13. The smallest absolute Gasteiger partial charge is 0.416 e. The monoisotopic (exact) mass is 1870 g/mol. The van der Waals surface area contributed by atoms with Crippen molar-refractivity contribution in [2.45, 2.75) is 301 Å². The molecule has 0 radical (unpaired) electrons. The van der Waals surface area contributed by atoms with Crippen LogP contribution in [0.3, 0.4) is 0 Å². The first kappa shape index (κ1) is 112. The molecule has 2 N–H and O–H groups in total. The Kier molecular flexibility index (Phi) is 41.4. The van der Waals surface area contributed by atoms with Gasteiger partial charge >= 0.3 is 43.0 Å². The van der Waals surface area contributed by atoms with E-state index in [4.69, 9.17) is 55.6 Å². The third kappa shape index (κ3) is 32.6. The minimum atomic E-state index is -4.51. The van der Waals surface area contributed by atoms with Crippen LogP contribution < -0.4 is 5.73 Å². The number of Topliss-reactive ketones (excluding diaryl/α,β-unsaturated/α-hetero) is 2. The van der Waals surface area contributed by atoms with Gasteiger partial charge in [0.15, 0.2) is 11.6 Å². The van der Waals surface area contributed by atoms with Crippen molar-refractivity contribution in [2.24, 2.45) is 60.1 Å². The lowest BCUT2D eigenvalue weighted by Gasteiger charge is -2.45. The predicted octanol–water partition coefficient (Wildman–Crippen LogP) is 23.2. The van der Waals surface area contributed by atoms with Crippen molar-refractivity contribution in [3.63, 3.8) is 0 Å². The molecule has 0 bridgehead atoms. The van der Waals surface area contributed by atoms with Gasteiger partial charge in [0.1, 0.15) is 39.7 Å². The molecule has 3 saturated carbocycles. The highest BCUT2D eigenvalue weighted by Gasteiger charge is 2.54. The van der Waals surface area contributed by atoms with Gasteiger partial charge in [-0.3, -0.25) is 43.7 Å². The van der Waals surface area contributed by atoms with Gasteiger partial charge in [-0.25, -0.2) is 0 Å². The largest absolute Gasteiger partial charge is 0.460 e. The molecule has 0 saturated heterocycles. The van der Waals surface area contributed by atoms with Crippen LogP contribution in [0.5, 0.6) is 0 Å². The lowest BCUT2D eigenvalue weighted by Crippen LogP contribution is -2.49. The number of benzene rings is 6. The first-order valence-electron chi connectivity index (χ1n) is 44.9. The van der Waals surface area contributed by atoms with Crippen LogP contribution in [-0.4, -0.2) is 115 Å². The second kappa shape index (κ2) is 48.8. The number of ketones is 2. The molecule has 3 aliphatic heterocycles. The van der Waals surface area contributed by atoms with Crippen LogP contribution in [-0.2, 0) is 90.8 Å². The predicted molar refractivity (Wildman–Crippen MR) is 487 cm³/mol. The molecule has 0 unspecified atom stereocenters. The van der Waals surface area contributed by atoms with E-state index in [-0.39, 0.29) is 140 Å². The fourth-order valence-corrected chi connectivity index (χ4v) is 17.2. The molecule has 12 rings (SSSR count). The molecule has 132 heavy (non-hydrogen) atoms. The number of rotatable bonds is 18. The van der Waals surface area contributed by atoms with Gasteiger partial charge in [-0.05, 0) is 210 Å². The molecular weight excluding hydrogens is 1740 g/mol. The normalized spacial score (nSPS) is 20.1. The zero-order valence-electron chi connectivity index (χ0n) is 79.8. The number of hydrogen-bond acceptors (Lipinski definition) is 17. The van der Waals surface area contributed by atoms with Crippen molar-refractivity contribution in [1.82, 2.24) is 14.7 Å². The van der Waals surface area contributed by atoms with E-state index in [2.05, 4.69) is 83.1 Å². The number of ether oxygens (including phenoxy) is 1. The summed E-state index contributed by atoms with van der Waals surface area (Å²) in [5.41, 5.74) is 5.70. The zero-order valence-corrected chi connectivity index (χ0v) is 79.6. The lowest BCUT2D eigenvalue weighted by atomic mass is 9.69. The molecule has 3 spiro atoms. The van der Waals surface area contributed by atoms with Crippen molar-refractivity contribution in [3.8, 4) is 0 Å². The number of hydrogen-bond donors (Lipinski definition) is 1. The number of halogens is 10. The number of carbonyl (C=O) groups is 6. The topological polar surface area (TPSA) is 287 Å². The summed E-state index contributed by atoms with van der Waals surface area (Å²) in [6.07, 6.45) is 0.617.